The Morgan fingerprint density at radius 1 is 0.554 bits per heavy atom. The van der Waals surface area contributed by atoms with Crippen LogP contribution in [0.25, 0.3) is 55.7 Å². The maximum absolute atomic E-state index is 13.1. The molecule has 0 radical (unpaired) electrons. The first kappa shape index (κ1) is 46.8. The standard InChI is InChI=1S/C23H20F3N5O.C20H13F3N4O2.C2H8N2/c24-23(25,26)21-4-1-5-22(30-21)31-19-12-14(6-7-15(19)13-29-31)16-9-17(11-18(28)10-16)20(32)3-2-8-27;21-20(22,23)17-2-1-3-18(26-17)27-16-9-11(4-5-12(16)10-25-27)13-6-14(19(28)29)8-15(24)7-13;3-1-2-4/h1,4-7,9-13H,2-3,8,27-28H2;1-10H,24H2,(H,28,29);1-4H2. The number of halogens is 6. The quantitative estimate of drug-likeness (QED) is 0.0436. The number of aromatic nitrogens is 6. The Balaban J connectivity index is 0.000000200. The molecule has 0 aliphatic rings. The molecule has 0 bridgehead atoms. The number of alkyl halides is 6. The molecule has 8 rings (SSSR count). The monoisotopic (exact) mass is 897 g/mol. The summed E-state index contributed by atoms with van der Waals surface area (Å²) < 4.78 is 80.9. The molecule has 65 heavy (non-hydrogen) atoms. The van der Waals surface area contributed by atoms with Crippen molar-refractivity contribution in [2.45, 2.75) is 25.2 Å². The van der Waals surface area contributed by atoms with E-state index in [2.05, 4.69) is 20.2 Å². The van der Waals surface area contributed by atoms with E-state index in [0.717, 1.165) is 23.1 Å². The van der Waals surface area contributed by atoms with Crippen LogP contribution in [0, 0.1) is 0 Å². The van der Waals surface area contributed by atoms with Crippen LogP contribution in [0.15, 0.2) is 122 Å². The summed E-state index contributed by atoms with van der Waals surface area (Å²) in [4.78, 5) is 31.1. The lowest BCUT2D eigenvalue weighted by Gasteiger charge is -2.10. The van der Waals surface area contributed by atoms with Gasteiger partial charge in [0.15, 0.2) is 17.4 Å². The van der Waals surface area contributed by atoms with Crippen molar-refractivity contribution in [3.8, 4) is 33.9 Å². The van der Waals surface area contributed by atoms with E-state index in [9.17, 15) is 41.0 Å². The molecule has 0 aliphatic heterocycles. The number of Topliss-reactive ketones (excluding diaryl/α,β-unsaturated/α-hetero) is 1. The summed E-state index contributed by atoms with van der Waals surface area (Å²) in [5.41, 5.74) is 30.1. The van der Waals surface area contributed by atoms with Crippen LogP contribution in [0.5, 0.6) is 0 Å². The zero-order chi connectivity index (χ0) is 47.1. The summed E-state index contributed by atoms with van der Waals surface area (Å²) in [7, 11) is 0. The largest absolute Gasteiger partial charge is 0.478 e. The molecule has 4 aromatic heterocycles. The maximum Gasteiger partial charge on any atom is 0.433 e. The Hall–Kier alpha value is -7.68. The van der Waals surface area contributed by atoms with Gasteiger partial charge in [-0.15, -0.1) is 0 Å². The average molecular weight is 898 g/mol. The van der Waals surface area contributed by atoms with Gasteiger partial charge in [-0.2, -0.15) is 36.5 Å². The third kappa shape index (κ3) is 11.3. The van der Waals surface area contributed by atoms with E-state index < -0.39 is 29.7 Å². The molecule has 4 aromatic carbocycles. The molecule has 0 atom stereocenters. The molecule has 0 fully saturated rings. The van der Waals surface area contributed by atoms with E-state index in [4.69, 9.17) is 28.7 Å². The number of hydrogen-bond acceptors (Lipinski definition) is 11. The predicted octanol–water partition coefficient (Wildman–Crippen LogP) is 7.90. The number of carbonyl (C=O) groups excluding carboxylic acids is 1. The van der Waals surface area contributed by atoms with Gasteiger partial charge >= 0.3 is 18.3 Å². The number of carbonyl (C=O) groups is 2. The van der Waals surface area contributed by atoms with Gasteiger partial charge in [0, 0.05) is 47.2 Å². The van der Waals surface area contributed by atoms with Crippen LogP contribution in [0.1, 0.15) is 44.9 Å². The zero-order valence-corrected chi connectivity index (χ0v) is 34.2. The van der Waals surface area contributed by atoms with Crippen molar-refractivity contribution >= 4 is 44.9 Å². The Morgan fingerprint density at radius 3 is 1.42 bits per heavy atom. The fourth-order valence-corrected chi connectivity index (χ4v) is 6.49. The van der Waals surface area contributed by atoms with Gasteiger partial charge in [-0.05, 0) is 108 Å². The number of benzene rings is 4. The zero-order valence-electron chi connectivity index (χ0n) is 34.2. The third-order valence-electron chi connectivity index (χ3n) is 9.55. The van der Waals surface area contributed by atoms with Gasteiger partial charge in [0.1, 0.15) is 11.4 Å². The fraction of sp³-hybridized carbons (Fsp3) is 0.156. The van der Waals surface area contributed by atoms with Crippen LogP contribution in [0.4, 0.5) is 37.7 Å². The normalized spacial score (nSPS) is 11.5. The first-order valence-corrected chi connectivity index (χ1v) is 19.6. The number of hydrogen-bond donors (Lipinski definition) is 6. The van der Waals surface area contributed by atoms with Crippen molar-refractivity contribution in [2.24, 2.45) is 17.2 Å². The summed E-state index contributed by atoms with van der Waals surface area (Å²) in [6.45, 7) is 1.62. The highest BCUT2D eigenvalue weighted by Crippen LogP contribution is 2.33. The van der Waals surface area contributed by atoms with Crippen LogP contribution in [-0.2, 0) is 12.4 Å². The van der Waals surface area contributed by atoms with E-state index >= 15 is 0 Å². The topological polar surface area (TPSA) is 246 Å². The molecule has 0 amide bonds. The minimum absolute atomic E-state index is 0.0192. The molecule has 0 spiro atoms. The van der Waals surface area contributed by atoms with Crippen molar-refractivity contribution in [2.75, 3.05) is 31.1 Å². The Labute approximate surface area is 366 Å². The molecule has 14 nitrogen and oxygen atoms in total. The SMILES string of the molecule is NCCCC(=O)c1cc(N)cc(-c2ccc3cnn(-c4cccc(C(F)(F)F)n4)c3c2)c1.NCCN.Nc1cc(C(=O)O)cc(-c2ccc3cnn(-c4cccc(C(F)(F)F)n4)c3c2)c1. The van der Waals surface area contributed by atoms with E-state index in [0.29, 0.717) is 76.8 Å². The van der Waals surface area contributed by atoms with Gasteiger partial charge in [0.25, 0.3) is 0 Å². The summed E-state index contributed by atoms with van der Waals surface area (Å²) in [6, 6.07) is 27.4. The minimum atomic E-state index is -4.57. The second kappa shape index (κ2) is 19.8. The number of nitrogens with zero attached hydrogens (tertiary/aromatic N) is 6. The Bertz CT molecular complexity index is 2980. The highest BCUT2D eigenvalue weighted by molar-refractivity contribution is 5.99. The molecular weight excluding hydrogens is 857 g/mol. The Morgan fingerprint density at radius 2 is 1.00 bits per heavy atom. The van der Waals surface area contributed by atoms with Crippen LogP contribution in [-0.4, -0.2) is 66.0 Å². The summed E-state index contributed by atoms with van der Waals surface area (Å²) in [5.74, 6) is -1.09. The highest BCUT2D eigenvalue weighted by atomic mass is 19.4. The highest BCUT2D eigenvalue weighted by Gasteiger charge is 2.33. The maximum atomic E-state index is 13.1. The van der Waals surface area contributed by atoms with E-state index in [1.807, 2.05) is 6.07 Å². The molecule has 11 N–H and O–H groups in total. The second-order valence-electron chi connectivity index (χ2n) is 14.3. The smallest absolute Gasteiger partial charge is 0.433 e. The van der Waals surface area contributed by atoms with Gasteiger partial charge in [-0.1, -0.05) is 36.4 Å². The summed E-state index contributed by atoms with van der Waals surface area (Å²) in [5, 5.41) is 19.0. The molecule has 20 heteroatoms. The average Bonchev–Trinajstić information content (AvgIpc) is 3.92. The fourth-order valence-electron chi connectivity index (χ4n) is 6.49. The van der Waals surface area contributed by atoms with Gasteiger partial charge in [0.05, 0.1) is 29.0 Å². The lowest BCUT2D eigenvalue weighted by Crippen LogP contribution is -2.11. The van der Waals surface area contributed by atoms with E-state index in [1.54, 1.807) is 60.8 Å². The number of carboxylic acids is 1. The number of carboxylic acid groups (broad SMARTS) is 1. The van der Waals surface area contributed by atoms with Crippen LogP contribution < -0.4 is 28.7 Å². The number of rotatable bonds is 10. The molecule has 0 saturated carbocycles. The number of aromatic carboxylic acids is 1. The summed E-state index contributed by atoms with van der Waals surface area (Å²) >= 11 is 0. The van der Waals surface area contributed by atoms with Gasteiger partial charge in [-0.25, -0.2) is 24.1 Å². The lowest BCUT2D eigenvalue weighted by atomic mass is 9.98. The van der Waals surface area contributed by atoms with Crippen molar-refractivity contribution in [1.82, 2.24) is 29.5 Å². The number of nitrogen functional groups attached to an aromatic ring is 2. The number of fused-ring (bicyclic) bond motifs is 2. The van der Waals surface area contributed by atoms with Crippen LogP contribution in [0.3, 0.4) is 0 Å². The van der Waals surface area contributed by atoms with E-state index in [-0.39, 0.29) is 28.7 Å². The molecule has 0 unspecified atom stereocenters. The van der Waals surface area contributed by atoms with Crippen LogP contribution >= 0.6 is 0 Å². The Kier molecular flexibility index (Phi) is 14.3. The molecular formula is C45H41F6N11O3. The van der Waals surface area contributed by atoms with Crippen molar-refractivity contribution in [1.29, 1.82) is 0 Å². The van der Waals surface area contributed by atoms with Crippen molar-refractivity contribution in [3.05, 3.63) is 144 Å². The minimum Gasteiger partial charge on any atom is -0.478 e. The van der Waals surface area contributed by atoms with E-state index in [1.165, 1.54) is 52.0 Å². The van der Waals surface area contributed by atoms with Gasteiger partial charge in [0.2, 0.25) is 0 Å². The lowest BCUT2D eigenvalue weighted by molar-refractivity contribution is -0.141. The molecule has 336 valence electrons. The first-order chi connectivity index (χ1) is 30.9. The number of anilines is 2. The summed E-state index contributed by atoms with van der Waals surface area (Å²) in [6.07, 6.45) is -5.15. The molecule has 0 aliphatic carbocycles. The van der Waals surface area contributed by atoms with Crippen molar-refractivity contribution < 1.29 is 41.0 Å². The van der Waals surface area contributed by atoms with Gasteiger partial charge < -0.3 is 33.8 Å². The second-order valence-corrected chi connectivity index (χ2v) is 14.3. The number of pyridine rings is 2. The molecule has 4 heterocycles. The number of nitrogens with two attached hydrogens (primary N) is 5. The molecule has 0 saturated heterocycles. The number of ketones is 1. The van der Waals surface area contributed by atoms with Crippen LogP contribution in [0.2, 0.25) is 0 Å². The first-order valence-electron chi connectivity index (χ1n) is 19.6. The third-order valence-corrected chi connectivity index (χ3v) is 9.55. The van der Waals surface area contributed by atoms with Crippen molar-refractivity contribution in [3.63, 3.8) is 0 Å². The predicted molar refractivity (Wildman–Crippen MR) is 235 cm³/mol. The van der Waals surface area contributed by atoms with Gasteiger partial charge in [-0.3, -0.25) is 4.79 Å². The molecule has 8 aromatic rings.